The van der Waals surface area contributed by atoms with Gasteiger partial charge in [-0.2, -0.15) is 0 Å². The molecule has 1 aromatic heterocycles. The first-order valence-electron chi connectivity index (χ1n) is 7.82. The monoisotopic (exact) mass is 299 g/mol. The van der Waals surface area contributed by atoms with Crippen LogP contribution in [0.4, 0.5) is 5.69 Å². The molecule has 3 nitrogen and oxygen atoms in total. The molecule has 0 saturated carbocycles. The van der Waals surface area contributed by atoms with E-state index in [0.29, 0.717) is 0 Å². The van der Waals surface area contributed by atoms with Crippen LogP contribution in [0.25, 0.3) is 0 Å². The van der Waals surface area contributed by atoms with Crippen LogP contribution in [0.5, 0.6) is 5.75 Å². The Morgan fingerprint density at radius 2 is 1.73 bits per heavy atom. The maximum atomic E-state index is 6.17. The Hall–Kier alpha value is -1.90. The van der Waals surface area contributed by atoms with E-state index < -0.39 is 0 Å². The van der Waals surface area contributed by atoms with Gasteiger partial charge in [-0.3, -0.25) is 0 Å². The van der Waals surface area contributed by atoms with Crippen molar-refractivity contribution in [2.24, 2.45) is 0 Å². The lowest BCUT2D eigenvalue weighted by atomic mass is 9.80. The number of fused-ring (bicyclic) bond motifs is 1. The SMILES string of the molecule is CC(C)(C)c1cc2c(c(C(C)(C)C)c1)OC(c1ccco1)N2. The molecule has 0 spiro atoms. The van der Waals surface area contributed by atoms with E-state index in [1.165, 1.54) is 11.1 Å². The lowest BCUT2D eigenvalue weighted by Crippen LogP contribution is -2.17. The standard InChI is InChI=1S/C19H25NO2/c1-18(2,3)12-10-13(19(4,5)6)16-14(11-12)20-17(22-16)15-8-7-9-21-15/h7-11,17,20H,1-6H3. The summed E-state index contributed by atoms with van der Waals surface area (Å²) in [5.74, 6) is 1.75. The summed E-state index contributed by atoms with van der Waals surface area (Å²) in [6.07, 6.45) is 1.43. The first kappa shape index (κ1) is 15.0. The highest BCUT2D eigenvalue weighted by atomic mass is 16.5. The van der Waals surface area contributed by atoms with E-state index in [-0.39, 0.29) is 17.1 Å². The number of ether oxygens (including phenoxy) is 1. The zero-order chi connectivity index (χ0) is 16.1. The summed E-state index contributed by atoms with van der Waals surface area (Å²) in [4.78, 5) is 0. The fourth-order valence-corrected chi connectivity index (χ4v) is 2.71. The van der Waals surface area contributed by atoms with Crippen molar-refractivity contribution in [1.29, 1.82) is 0 Å². The van der Waals surface area contributed by atoms with Crippen molar-refractivity contribution < 1.29 is 9.15 Å². The van der Waals surface area contributed by atoms with E-state index in [4.69, 9.17) is 9.15 Å². The quantitative estimate of drug-likeness (QED) is 0.768. The normalized spacial score (nSPS) is 17.8. The van der Waals surface area contributed by atoms with Gasteiger partial charge >= 0.3 is 0 Å². The van der Waals surface area contributed by atoms with E-state index in [2.05, 4.69) is 59.0 Å². The average Bonchev–Trinajstić information content (AvgIpc) is 3.03. The third-order valence-corrected chi connectivity index (χ3v) is 4.09. The fraction of sp³-hybridized carbons (Fsp3) is 0.474. The molecule has 3 rings (SSSR count). The van der Waals surface area contributed by atoms with Gasteiger partial charge in [0.05, 0.1) is 12.0 Å². The Morgan fingerprint density at radius 1 is 1.00 bits per heavy atom. The van der Waals surface area contributed by atoms with E-state index in [1.54, 1.807) is 6.26 Å². The van der Waals surface area contributed by atoms with Crippen molar-refractivity contribution in [2.45, 2.75) is 58.6 Å². The number of hydrogen-bond donors (Lipinski definition) is 1. The molecular weight excluding hydrogens is 274 g/mol. The molecule has 1 aromatic carbocycles. The zero-order valence-electron chi connectivity index (χ0n) is 14.3. The second-order valence-electron chi connectivity index (χ2n) is 8.06. The van der Waals surface area contributed by atoms with E-state index >= 15 is 0 Å². The molecule has 2 aromatic rings. The molecule has 1 unspecified atom stereocenters. The van der Waals surface area contributed by atoms with Gasteiger partial charge in [-0.15, -0.1) is 0 Å². The third kappa shape index (κ3) is 2.60. The second-order valence-corrected chi connectivity index (χ2v) is 8.06. The molecule has 0 radical (unpaired) electrons. The maximum absolute atomic E-state index is 6.17. The van der Waals surface area contributed by atoms with Crippen molar-refractivity contribution in [3.05, 3.63) is 47.4 Å². The number of benzene rings is 1. The highest BCUT2D eigenvalue weighted by Crippen LogP contribution is 2.47. The average molecular weight is 299 g/mol. The number of nitrogens with one attached hydrogen (secondary N) is 1. The summed E-state index contributed by atoms with van der Waals surface area (Å²) in [6.45, 7) is 13.4. The molecule has 0 bridgehead atoms. The molecule has 1 aliphatic heterocycles. The number of furan rings is 1. The highest BCUT2D eigenvalue weighted by molar-refractivity contribution is 5.67. The molecule has 22 heavy (non-hydrogen) atoms. The molecule has 0 fully saturated rings. The summed E-state index contributed by atoms with van der Waals surface area (Å²) in [7, 11) is 0. The van der Waals surface area contributed by atoms with E-state index in [0.717, 1.165) is 17.2 Å². The first-order valence-corrected chi connectivity index (χ1v) is 7.82. The van der Waals surface area contributed by atoms with Crippen LogP contribution in [0.15, 0.2) is 34.9 Å². The Bertz CT molecular complexity index is 673. The molecule has 118 valence electrons. The summed E-state index contributed by atoms with van der Waals surface area (Å²) >= 11 is 0. The van der Waals surface area contributed by atoms with Crippen molar-refractivity contribution in [2.75, 3.05) is 5.32 Å². The molecule has 0 amide bonds. The summed E-state index contributed by atoms with van der Waals surface area (Å²) in [5.41, 5.74) is 3.72. The van der Waals surface area contributed by atoms with Crippen LogP contribution in [0.1, 0.15) is 64.7 Å². The van der Waals surface area contributed by atoms with Gasteiger partial charge in [0.1, 0.15) is 5.75 Å². The van der Waals surface area contributed by atoms with E-state index in [1.807, 2.05) is 12.1 Å². The largest absolute Gasteiger partial charge is 0.463 e. The van der Waals surface area contributed by atoms with Gasteiger partial charge in [0.2, 0.25) is 6.23 Å². The molecule has 0 aliphatic carbocycles. The minimum absolute atomic E-state index is 0.0189. The van der Waals surface area contributed by atoms with Gasteiger partial charge in [-0.1, -0.05) is 47.6 Å². The van der Waals surface area contributed by atoms with Crippen LogP contribution in [-0.4, -0.2) is 0 Å². The lowest BCUT2D eigenvalue weighted by molar-refractivity contribution is 0.220. The molecular formula is C19H25NO2. The fourth-order valence-electron chi connectivity index (χ4n) is 2.71. The lowest BCUT2D eigenvalue weighted by Gasteiger charge is -2.26. The number of rotatable bonds is 1. The first-order chi connectivity index (χ1) is 10.2. The van der Waals surface area contributed by atoms with Crippen LogP contribution in [-0.2, 0) is 10.8 Å². The molecule has 0 saturated heterocycles. The topological polar surface area (TPSA) is 34.4 Å². The van der Waals surface area contributed by atoms with Crippen molar-refractivity contribution in [3.63, 3.8) is 0 Å². The van der Waals surface area contributed by atoms with Gasteiger partial charge < -0.3 is 14.5 Å². The summed E-state index contributed by atoms with van der Waals surface area (Å²) in [5, 5.41) is 3.45. The maximum Gasteiger partial charge on any atom is 0.229 e. The van der Waals surface area contributed by atoms with E-state index in [9.17, 15) is 0 Å². The summed E-state index contributed by atoms with van der Waals surface area (Å²) < 4.78 is 11.7. The third-order valence-electron chi connectivity index (χ3n) is 4.09. The van der Waals surface area contributed by atoms with Gasteiger partial charge in [-0.25, -0.2) is 0 Å². The second kappa shape index (κ2) is 4.80. The molecule has 1 aliphatic rings. The minimum atomic E-state index is -0.249. The predicted molar refractivity (Wildman–Crippen MR) is 89.5 cm³/mol. The van der Waals surface area contributed by atoms with Gasteiger partial charge in [0.25, 0.3) is 0 Å². The number of anilines is 1. The van der Waals surface area contributed by atoms with Crippen LogP contribution in [0.3, 0.4) is 0 Å². The van der Waals surface area contributed by atoms with Crippen molar-refractivity contribution >= 4 is 5.69 Å². The Morgan fingerprint density at radius 3 is 2.27 bits per heavy atom. The Kier molecular flexibility index (Phi) is 3.28. The van der Waals surface area contributed by atoms with Crippen LogP contribution < -0.4 is 10.1 Å². The van der Waals surface area contributed by atoms with Gasteiger partial charge in [0, 0.05) is 5.56 Å². The molecule has 1 atom stereocenters. The predicted octanol–water partition coefficient (Wildman–Crippen LogP) is 5.38. The smallest absolute Gasteiger partial charge is 0.229 e. The van der Waals surface area contributed by atoms with Crippen LogP contribution >= 0.6 is 0 Å². The molecule has 2 heterocycles. The van der Waals surface area contributed by atoms with Crippen molar-refractivity contribution in [3.8, 4) is 5.75 Å². The van der Waals surface area contributed by atoms with Gasteiger partial charge in [-0.05, 0) is 34.6 Å². The molecule has 3 heteroatoms. The molecule has 1 N–H and O–H groups in total. The van der Waals surface area contributed by atoms with Crippen LogP contribution in [0, 0.1) is 0 Å². The van der Waals surface area contributed by atoms with Crippen LogP contribution in [0.2, 0.25) is 0 Å². The van der Waals surface area contributed by atoms with Gasteiger partial charge in [0.15, 0.2) is 5.76 Å². The Labute approximate surface area is 132 Å². The minimum Gasteiger partial charge on any atom is -0.463 e. The zero-order valence-corrected chi connectivity index (χ0v) is 14.3. The highest BCUT2D eigenvalue weighted by Gasteiger charge is 2.33. The Balaban J connectivity index is 2.09. The summed E-state index contributed by atoms with van der Waals surface area (Å²) in [6, 6.07) is 8.30. The number of hydrogen-bond acceptors (Lipinski definition) is 3. The van der Waals surface area contributed by atoms with Crippen molar-refractivity contribution in [1.82, 2.24) is 0 Å².